The molecule has 0 saturated heterocycles. The summed E-state index contributed by atoms with van der Waals surface area (Å²) in [4.78, 5) is 4.16. The molecular weight excluding hydrogens is 228 g/mol. The van der Waals surface area contributed by atoms with Gasteiger partial charge in [0.1, 0.15) is 0 Å². The normalized spacial score (nSPS) is 12.4. The lowest BCUT2D eigenvalue weighted by Crippen LogP contribution is -2.05. The lowest BCUT2D eigenvalue weighted by molar-refractivity contribution is 0.460. The van der Waals surface area contributed by atoms with E-state index in [0.29, 0.717) is 11.6 Å². The van der Waals surface area contributed by atoms with Crippen molar-refractivity contribution in [1.82, 2.24) is 14.8 Å². The Bertz CT molecular complexity index is 507. The average molecular weight is 246 g/mol. The van der Waals surface area contributed by atoms with Crippen LogP contribution in [0.2, 0.25) is 0 Å². The van der Waals surface area contributed by atoms with Gasteiger partial charge < -0.3 is 10.5 Å². The standard InChI is InChI=1S/C13H18N4O/c1-3-6-17-9-12(8-16-17)18-13-7-11(10(2)14)4-5-15-13/h4-5,7-10H,3,6,14H2,1-2H3/t10-/m0/s1. The Morgan fingerprint density at radius 2 is 2.33 bits per heavy atom. The van der Waals surface area contributed by atoms with E-state index < -0.39 is 0 Å². The van der Waals surface area contributed by atoms with E-state index in [1.54, 1.807) is 12.4 Å². The number of nitrogens with two attached hydrogens (primary N) is 1. The molecule has 0 bridgehead atoms. The fourth-order valence-corrected chi connectivity index (χ4v) is 1.63. The van der Waals surface area contributed by atoms with Crippen LogP contribution in [-0.4, -0.2) is 14.8 Å². The van der Waals surface area contributed by atoms with Crippen molar-refractivity contribution in [3.8, 4) is 11.6 Å². The van der Waals surface area contributed by atoms with Crippen molar-refractivity contribution in [2.24, 2.45) is 5.73 Å². The summed E-state index contributed by atoms with van der Waals surface area (Å²) in [6, 6.07) is 3.71. The zero-order chi connectivity index (χ0) is 13.0. The van der Waals surface area contributed by atoms with Crippen molar-refractivity contribution in [3.05, 3.63) is 36.3 Å². The molecule has 0 radical (unpaired) electrons. The molecule has 2 aromatic rings. The quantitative estimate of drug-likeness (QED) is 0.880. The van der Waals surface area contributed by atoms with Crippen LogP contribution in [0.15, 0.2) is 30.7 Å². The summed E-state index contributed by atoms with van der Waals surface area (Å²) in [6.45, 7) is 4.92. The van der Waals surface area contributed by atoms with Crippen molar-refractivity contribution >= 4 is 0 Å². The Labute approximate surface area is 107 Å². The molecule has 1 atom stereocenters. The second-order valence-corrected chi connectivity index (χ2v) is 4.26. The molecule has 0 unspecified atom stereocenters. The Kier molecular flexibility index (Phi) is 3.94. The van der Waals surface area contributed by atoms with Gasteiger partial charge in [0, 0.05) is 24.8 Å². The van der Waals surface area contributed by atoms with E-state index in [-0.39, 0.29) is 6.04 Å². The maximum atomic E-state index is 5.82. The highest BCUT2D eigenvalue weighted by atomic mass is 16.5. The number of hydrogen-bond donors (Lipinski definition) is 1. The Balaban J connectivity index is 2.10. The lowest BCUT2D eigenvalue weighted by Gasteiger charge is -2.07. The number of hydrogen-bond acceptors (Lipinski definition) is 4. The zero-order valence-corrected chi connectivity index (χ0v) is 10.7. The molecule has 0 amide bonds. The molecule has 2 heterocycles. The van der Waals surface area contributed by atoms with Crippen molar-refractivity contribution in [1.29, 1.82) is 0 Å². The molecule has 0 aliphatic heterocycles. The molecule has 0 aliphatic carbocycles. The first-order valence-corrected chi connectivity index (χ1v) is 6.11. The van der Waals surface area contributed by atoms with Gasteiger partial charge in [0.2, 0.25) is 5.88 Å². The largest absolute Gasteiger partial charge is 0.436 e. The molecule has 2 rings (SSSR count). The fraction of sp³-hybridized carbons (Fsp3) is 0.385. The number of pyridine rings is 1. The van der Waals surface area contributed by atoms with E-state index in [4.69, 9.17) is 10.5 Å². The summed E-state index contributed by atoms with van der Waals surface area (Å²) in [5, 5.41) is 4.20. The first kappa shape index (κ1) is 12.6. The molecule has 0 aromatic carbocycles. The average Bonchev–Trinajstić information content (AvgIpc) is 2.77. The van der Waals surface area contributed by atoms with E-state index in [2.05, 4.69) is 17.0 Å². The molecule has 0 saturated carbocycles. The van der Waals surface area contributed by atoms with Gasteiger partial charge in [-0.1, -0.05) is 6.92 Å². The molecule has 0 aliphatic rings. The number of nitrogens with zero attached hydrogens (tertiary/aromatic N) is 3. The minimum absolute atomic E-state index is 0.0295. The van der Waals surface area contributed by atoms with Gasteiger partial charge in [-0.05, 0) is 25.0 Å². The van der Waals surface area contributed by atoms with Crippen LogP contribution < -0.4 is 10.5 Å². The molecule has 0 spiro atoms. The van der Waals surface area contributed by atoms with Crippen molar-refractivity contribution in [3.63, 3.8) is 0 Å². The van der Waals surface area contributed by atoms with E-state index >= 15 is 0 Å². The number of ether oxygens (including phenoxy) is 1. The summed E-state index contributed by atoms with van der Waals surface area (Å²) in [5.74, 6) is 1.23. The first-order chi connectivity index (χ1) is 8.69. The molecule has 2 N–H and O–H groups in total. The SMILES string of the molecule is CCCn1cc(Oc2cc([C@H](C)N)ccn2)cn1. The third-order valence-corrected chi connectivity index (χ3v) is 2.57. The summed E-state index contributed by atoms with van der Waals surface area (Å²) in [5.41, 5.74) is 6.82. The van der Waals surface area contributed by atoms with Crippen LogP contribution >= 0.6 is 0 Å². The Hall–Kier alpha value is -1.88. The molecule has 0 fully saturated rings. The van der Waals surface area contributed by atoms with Gasteiger partial charge in [-0.25, -0.2) is 4.98 Å². The molecule has 2 aromatic heterocycles. The predicted molar refractivity (Wildman–Crippen MR) is 69.4 cm³/mol. The minimum atomic E-state index is -0.0295. The summed E-state index contributed by atoms with van der Waals surface area (Å²) < 4.78 is 7.50. The summed E-state index contributed by atoms with van der Waals surface area (Å²) in [7, 11) is 0. The summed E-state index contributed by atoms with van der Waals surface area (Å²) >= 11 is 0. The predicted octanol–water partition coefficient (Wildman–Crippen LogP) is 2.50. The second kappa shape index (κ2) is 5.64. The van der Waals surface area contributed by atoms with Gasteiger partial charge in [0.05, 0.1) is 12.4 Å². The number of aromatic nitrogens is 3. The highest BCUT2D eigenvalue weighted by Gasteiger charge is 2.05. The van der Waals surface area contributed by atoms with Gasteiger partial charge in [0.25, 0.3) is 0 Å². The van der Waals surface area contributed by atoms with Crippen LogP contribution in [0.25, 0.3) is 0 Å². The van der Waals surface area contributed by atoms with E-state index in [1.807, 2.05) is 29.9 Å². The number of aryl methyl sites for hydroxylation is 1. The molecule has 18 heavy (non-hydrogen) atoms. The molecular formula is C13H18N4O. The number of rotatable bonds is 5. The van der Waals surface area contributed by atoms with Crippen molar-refractivity contribution in [2.45, 2.75) is 32.9 Å². The minimum Gasteiger partial charge on any atom is -0.436 e. The maximum absolute atomic E-state index is 5.82. The van der Waals surface area contributed by atoms with Crippen LogP contribution in [-0.2, 0) is 6.54 Å². The maximum Gasteiger partial charge on any atom is 0.219 e. The van der Waals surface area contributed by atoms with Gasteiger partial charge in [-0.15, -0.1) is 0 Å². The van der Waals surface area contributed by atoms with Gasteiger partial charge in [0.15, 0.2) is 5.75 Å². The first-order valence-electron chi connectivity index (χ1n) is 6.11. The van der Waals surface area contributed by atoms with E-state index in [9.17, 15) is 0 Å². The zero-order valence-electron chi connectivity index (χ0n) is 10.7. The molecule has 5 heteroatoms. The van der Waals surface area contributed by atoms with Crippen LogP contribution in [0, 0.1) is 0 Å². The van der Waals surface area contributed by atoms with Crippen LogP contribution in [0.4, 0.5) is 0 Å². The van der Waals surface area contributed by atoms with Crippen LogP contribution in [0.1, 0.15) is 31.9 Å². The third kappa shape index (κ3) is 3.07. The lowest BCUT2D eigenvalue weighted by atomic mass is 10.1. The van der Waals surface area contributed by atoms with Crippen LogP contribution in [0.3, 0.4) is 0 Å². The van der Waals surface area contributed by atoms with Crippen molar-refractivity contribution in [2.75, 3.05) is 0 Å². The topological polar surface area (TPSA) is 66.0 Å². The second-order valence-electron chi connectivity index (χ2n) is 4.26. The highest BCUT2D eigenvalue weighted by molar-refractivity contribution is 5.27. The van der Waals surface area contributed by atoms with Gasteiger partial charge >= 0.3 is 0 Å². The Morgan fingerprint density at radius 3 is 3.06 bits per heavy atom. The van der Waals surface area contributed by atoms with E-state index in [1.165, 1.54) is 0 Å². The fourth-order valence-electron chi connectivity index (χ4n) is 1.63. The highest BCUT2D eigenvalue weighted by Crippen LogP contribution is 2.21. The van der Waals surface area contributed by atoms with E-state index in [0.717, 1.165) is 18.5 Å². The molecule has 96 valence electrons. The van der Waals surface area contributed by atoms with Gasteiger partial charge in [-0.2, -0.15) is 5.10 Å². The van der Waals surface area contributed by atoms with Crippen LogP contribution in [0.5, 0.6) is 11.6 Å². The third-order valence-electron chi connectivity index (χ3n) is 2.57. The summed E-state index contributed by atoms with van der Waals surface area (Å²) in [6.07, 6.45) is 6.30. The van der Waals surface area contributed by atoms with Crippen molar-refractivity contribution < 1.29 is 4.74 Å². The van der Waals surface area contributed by atoms with Gasteiger partial charge in [-0.3, -0.25) is 4.68 Å². The Morgan fingerprint density at radius 1 is 1.50 bits per heavy atom. The monoisotopic (exact) mass is 246 g/mol. The smallest absolute Gasteiger partial charge is 0.219 e. The molecule has 5 nitrogen and oxygen atoms in total.